The normalized spacial score (nSPS) is 40.4. The lowest BCUT2D eigenvalue weighted by Gasteiger charge is -2.48. The summed E-state index contributed by atoms with van der Waals surface area (Å²) in [6.45, 7) is 2.07. The summed E-state index contributed by atoms with van der Waals surface area (Å²) in [6, 6.07) is -3.12. The molecule has 0 spiro atoms. The Hall–Kier alpha value is -1.51. The van der Waals surface area contributed by atoms with E-state index >= 15 is 0 Å². The number of rotatable bonds is 13. The van der Waals surface area contributed by atoms with Crippen molar-refractivity contribution in [3.05, 3.63) is 11.8 Å². The molecule has 1 aliphatic carbocycles. The first kappa shape index (κ1) is 34.0. The van der Waals surface area contributed by atoms with Gasteiger partial charge in [-0.15, -0.1) is 0 Å². The molecule has 0 unspecified atom stereocenters. The number of aliphatic hydroxyl groups excluding tert-OH is 4. The van der Waals surface area contributed by atoms with Gasteiger partial charge in [0.05, 0.1) is 37.9 Å². The molecule has 12 atom stereocenters. The Morgan fingerprint density at radius 1 is 1.20 bits per heavy atom. The minimum atomic E-state index is -1.46. The molecule has 0 aromatic rings. The second kappa shape index (κ2) is 15.3. The first-order valence-corrected chi connectivity index (χ1v) is 14.0. The van der Waals surface area contributed by atoms with Crippen LogP contribution in [-0.2, 0) is 23.7 Å². The molecule has 2 fully saturated rings. The van der Waals surface area contributed by atoms with Gasteiger partial charge in [0, 0.05) is 12.6 Å². The van der Waals surface area contributed by atoms with Gasteiger partial charge in [0.25, 0.3) is 0 Å². The number of hydrogen-bond acceptors (Lipinski definition) is 15. The number of likely N-dealkylation sites (N-methyl/N-ethyl adjacent to an activating group) is 1. The molecular formula is C25H48N6O10. The lowest BCUT2D eigenvalue weighted by atomic mass is 9.83. The van der Waals surface area contributed by atoms with Crippen molar-refractivity contribution in [3.8, 4) is 0 Å². The molecule has 1 amide bonds. The minimum absolute atomic E-state index is 0.0216. The van der Waals surface area contributed by atoms with Gasteiger partial charge in [0.2, 0.25) is 12.2 Å². The van der Waals surface area contributed by atoms with E-state index in [1.165, 1.54) is 6.92 Å². The molecule has 1 saturated heterocycles. The van der Waals surface area contributed by atoms with Crippen LogP contribution >= 0.6 is 0 Å². The molecule has 2 aliphatic heterocycles. The predicted octanol–water partition coefficient (Wildman–Crippen LogP) is -5.36. The zero-order valence-electron chi connectivity index (χ0n) is 23.6. The van der Waals surface area contributed by atoms with Crippen molar-refractivity contribution >= 4 is 5.91 Å². The summed E-state index contributed by atoms with van der Waals surface area (Å²) in [7, 11) is 1.57. The Kier molecular flexibility index (Phi) is 12.7. The number of aliphatic hydroxyl groups is 5. The molecule has 0 bridgehead atoms. The van der Waals surface area contributed by atoms with Crippen molar-refractivity contribution in [1.82, 2.24) is 16.0 Å². The molecule has 16 nitrogen and oxygen atoms in total. The van der Waals surface area contributed by atoms with Crippen molar-refractivity contribution < 1.29 is 49.3 Å². The Labute approximate surface area is 239 Å². The van der Waals surface area contributed by atoms with Gasteiger partial charge in [-0.05, 0) is 45.9 Å². The maximum Gasteiger partial charge on any atom is 0.249 e. The molecule has 3 aliphatic rings. The van der Waals surface area contributed by atoms with Crippen molar-refractivity contribution in [1.29, 1.82) is 0 Å². The van der Waals surface area contributed by atoms with Crippen LogP contribution in [-0.4, -0.2) is 144 Å². The van der Waals surface area contributed by atoms with Gasteiger partial charge in [-0.3, -0.25) is 4.79 Å². The first-order valence-electron chi connectivity index (χ1n) is 14.0. The number of hydrogen-bond donors (Lipinski definition) is 11. The fourth-order valence-corrected chi connectivity index (χ4v) is 5.38. The third-order valence-electron chi connectivity index (χ3n) is 7.63. The smallest absolute Gasteiger partial charge is 0.249 e. The molecular weight excluding hydrogens is 544 g/mol. The molecule has 41 heavy (non-hydrogen) atoms. The van der Waals surface area contributed by atoms with Gasteiger partial charge in [0.1, 0.15) is 41.9 Å². The van der Waals surface area contributed by atoms with E-state index in [0.29, 0.717) is 25.3 Å². The highest BCUT2D eigenvalue weighted by molar-refractivity contribution is 5.80. The van der Waals surface area contributed by atoms with Crippen molar-refractivity contribution in [2.24, 2.45) is 17.2 Å². The zero-order valence-corrected chi connectivity index (χ0v) is 23.6. The van der Waals surface area contributed by atoms with Crippen LogP contribution in [0.3, 0.4) is 0 Å². The highest BCUT2D eigenvalue weighted by Crippen LogP contribution is 2.32. The molecule has 0 aromatic heterocycles. The van der Waals surface area contributed by atoms with E-state index in [4.69, 9.17) is 41.3 Å². The SMILES string of the molecule is CN[C@@H]1[C@H](O)[C@@H](O[C@@H]2[C@@H](O)[C@H](O[C@H]3OC(CNCCO)=CC[C@H]3N)[C@@H](N)C[C@H]2NC(=O)[C@@H](O)CCN)OC[C@]1(C)O. The number of carbonyl (C=O) groups is 1. The summed E-state index contributed by atoms with van der Waals surface area (Å²) in [6.07, 6.45) is -6.40. The Morgan fingerprint density at radius 3 is 2.56 bits per heavy atom. The van der Waals surface area contributed by atoms with Crippen LogP contribution in [0.25, 0.3) is 0 Å². The first-order chi connectivity index (χ1) is 19.4. The lowest BCUT2D eigenvalue weighted by Crippen LogP contribution is -2.69. The Morgan fingerprint density at radius 2 is 1.90 bits per heavy atom. The standard InChI is InChI=1S/C25H48N6O10/c1-25(37)11-38-24(18(35)21(25)29-2)41-20-15(31-22(36)16(33)5-6-26)9-14(28)19(17(20)34)40-23-13(27)4-3-12(39-23)10-30-7-8-32/h3,13-21,23-24,29-30,32-35,37H,4-11,26-28H2,1-2H3,(H,31,36)/t13-,14+,15-,16+,17+,18+,19-,20+,21-,23-,24-,25+/m1/s1. The third kappa shape index (κ3) is 8.54. The highest BCUT2D eigenvalue weighted by atomic mass is 16.7. The average molecular weight is 593 g/mol. The zero-order chi connectivity index (χ0) is 30.3. The van der Waals surface area contributed by atoms with Crippen LogP contribution < -0.4 is 33.2 Å². The van der Waals surface area contributed by atoms with Gasteiger partial charge in [0.15, 0.2) is 6.29 Å². The van der Waals surface area contributed by atoms with E-state index in [0.717, 1.165) is 0 Å². The molecule has 1 saturated carbocycles. The molecule has 2 heterocycles. The summed E-state index contributed by atoms with van der Waals surface area (Å²) in [5.41, 5.74) is 16.7. The molecule has 14 N–H and O–H groups in total. The summed E-state index contributed by atoms with van der Waals surface area (Å²) in [5, 5.41) is 60.7. The van der Waals surface area contributed by atoms with Crippen LogP contribution in [0.2, 0.25) is 0 Å². The van der Waals surface area contributed by atoms with E-state index in [1.807, 2.05) is 6.08 Å². The monoisotopic (exact) mass is 592 g/mol. The summed E-state index contributed by atoms with van der Waals surface area (Å²) in [5.74, 6) is -0.170. The number of amides is 1. The number of ether oxygens (including phenoxy) is 4. The summed E-state index contributed by atoms with van der Waals surface area (Å²) >= 11 is 0. The summed E-state index contributed by atoms with van der Waals surface area (Å²) in [4.78, 5) is 12.7. The Balaban J connectivity index is 1.79. The van der Waals surface area contributed by atoms with E-state index < -0.39 is 78.8 Å². The minimum Gasteiger partial charge on any atom is -0.467 e. The van der Waals surface area contributed by atoms with Gasteiger partial charge in [-0.2, -0.15) is 0 Å². The quantitative estimate of drug-likeness (QED) is 0.0891. The van der Waals surface area contributed by atoms with Crippen LogP contribution in [0.4, 0.5) is 0 Å². The number of nitrogens with one attached hydrogen (secondary N) is 3. The predicted molar refractivity (Wildman–Crippen MR) is 145 cm³/mol. The van der Waals surface area contributed by atoms with E-state index in [9.17, 15) is 25.2 Å². The molecule has 0 aromatic carbocycles. The molecule has 238 valence electrons. The van der Waals surface area contributed by atoms with Crippen molar-refractivity contribution in [2.45, 2.75) is 99.1 Å². The fraction of sp³-hybridized carbons (Fsp3) is 0.880. The van der Waals surface area contributed by atoms with Crippen molar-refractivity contribution in [2.75, 3.05) is 39.9 Å². The maximum absolute atomic E-state index is 12.7. The summed E-state index contributed by atoms with van der Waals surface area (Å²) < 4.78 is 23.7. The van der Waals surface area contributed by atoms with Crippen LogP contribution in [0, 0.1) is 0 Å². The van der Waals surface area contributed by atoms with E-state index in [2.05, 4.69) is 16.0 Å². The second-order valence-corrected chi connectivity index (χ2v) is 11.0. The highest BCUT2D eigenvalue weighted by Gasteiger charge is 2.51. The molecule has 0 radical (unpaired) electrons. The fourth-order valence-electron chi connectivity index (χ4n) is 5.38. The molecule has 3 rings (SSSR count). The number of carbonyl (C=O) groups excluding carboxylic acids is 1. The maximum atomic E-state index is 12.7. The van der Waals surface area contributed by atoms with Crippen LogP contribution in [0.15, 0.2) is 11.8 Å². The Bertz CT molecular complexity index is 869. The lowest BCUT2D eigenvalue weighted by molar-refractivity contribution is -0.304. The topological polar surface area (TPSA) is 269 Å². The van der Waals surface area contributed by atoms with Gasteiger partial charge < -0.3 is 77.6 Å². The van der Waals surface area contributed by atoms with Gasteiger partial charge >= 0.3 is 0 Å². The third-order valence-corrected chi connectivity index (χ3v) is 7.63. The van der Waals surface area contributed by atoms with Gasteiger partial charge in [-0.25, -0.2) is 0 Å². The van der Waals surface area contributed by atoms with E-state index in [1.54, 1.807) is 7.05 Å². The second-order valence-electron chi connectivity index (χ2n) is 11.0. The average Bonchev–Trinajstić information content (AvgIpc) is 2.91. The van der Waals surface area contributed by atoms with Crippen LogP contribution in [0.1, 0.15) is 26.2 Å². The number of nitrogens with two attached hydrogens (primary N) is 3. The van der Waals surface area contributed by atoms with Gasteiger partial charge in [-0.1, -0.05) is 0 Å². The van der Waals surface area contributed by atoms with Crippen molar-refractivity contribution in [3.63, 3.8) is 0 Å². The van der Waals surface area contributed by atoms with Crippen LogP contribution in [0.5, 0.6) is 0 Å². The largest absolute Gasteiger partial charge is 0.467 e. The molecule has 16 heteroatoms. The van der Waals surface area contributed by atoms with E-state index in [-0.39, 0.29) is 32.6 Å².